The van der Waals surface area contributed by atoms with E-state index in [1.165, 1.54) is 12.1 Å². The topological polar surface area (TPSA) is 41.1 Å². The van der Waals surface area contributed by atoms with Crippen molar-refractivity contribution in [3.8, 4) is 11.1 Å². The average Bonchev–Trinajstić information content (AvgIpc) is 3.05. The van der Waals surface area contributed by atoms with Gasteiger partial charge in [-0.15, -0.1) is 0 Å². The summed E-state index contributed by atoms with van der Waals surface area (Å²) in [5, 5.41) is 3.25. The van der Waals surface area contributed by atoms with E-state index in [2.05, 4.69) is 20.2 Å². The van der Waals surface area contributed by atoms with Crippen LogP contribution >= 0.6 is 0 Å². The second-order valence-electron chi connectivity index (χ2n) is 5.91. The first kappa shape index (κ1) is 15.5. The lowest BCUT2D eigenvalue weighted by Crippen LogP contribution is -2.22. The Morgan fingerprint density at radius 1 is 1.08 bits per heavy atom. The molecule has 1 N–H and O–H groups in total. The number of nitrogens with zero attached hydrogens (tertiary/aromatic N) is 3. The summed E-state index contributed by atoms with van der Waals surface area (Å²) in [5.74, 6) is 0.803. The summed E-state index contributed by atoms with van der Waals surface area (Å²) < 4.78 is 25.9. The third kappa shape index (κ3) is 3.15. The van der Waals surface area contributed by atoms with Crippen molar-refractivity contribution < 1.29 is 8.78 Å². The predicted molar refractivity (Wildman–Crippen MR) is 93.5 cm³/mol. The second kappa shape index (κ2) is 6.47. The van der Waals surface area contributed by atoms with E-state index in [1.54, 1.807) is 18.5 Å². The van der Waals surface area contributed by atoms with Gasteiger partial charge < -0.3 is 10.2 Å². The van der Waals surface area contributed by atoms with Gasteiger partial charge in [0.1, 0.15) is 0 Å². The van der Waals surface area contributed by atoms with E-state index in [-0.39, 0.29) is 5.56 Å². The number of pyridine rings is 2. The molecule has 25 heavy (non-hydrogen) atoms. The number of halogens is 2. The smallest absolute Gasteiger partial charge is 0.263 e. The predicted octanol–water partition coefficient (Wildman–Crippen LogP) is 4.47. The molecule has 0 unspecified atom stereocenters. The molecule has 4 nitrogen and oxygen atoms in total. The molecule has 1 aromatic carbocycles. The third-order valence-electron chi connectivity index (χ3n) is 4.21. The van der Waals surface area contributed by atoms with E-state index < -0.39 is 6.43 Å². The van der Waals surface area contributed by atoms with Gasteiger partial charge in [-0.1, -0.05) is 24.3 Å². The van der Waals surface area contributed by atoms with Crippen LogP contribution in [0.2, 0.25) is 0 Å². The fourth-order valence-electron chi connectivity index (χ4n) is 2.95. The first-order chi connectivity index (χ1) is 12.2. The summed E-state index contributed by atoms with van der Waals surface area (Å²) >= 11 is 0. The maximum Gasteiger partial charge on any atom is 0.263 e. The molecule has 1 aliphatic rings. The quantitative estimate of drug-likeness (QED) is 0.762. The van der Waals surface area contributed by atoms with Crippen molar-refractivity contribution in [2.45, 2.75) is 13.0 Å². The molecular formula is C19H16F2N4. The Morgan fingerprint density at radius 3 is 2.80 bits per heavy atom. The van der Waals surface area contributed by atoms with Crippen LogP contribution in [0.4, 0.5) is 20.3 Å². The lowest BCUT2D eigenvalue weighted by molar-refractivity contribution is 0.151. The average molecular weight is 338 g/mol. The van der Waals surface area contributed by atoms with Gasteiger partial charge in [0.05, 0.1) is 12.4 Å². The second-order valence-corrected chi connectivity index (χ2v) is 5.91. The Kier molecular flexibility index (Phi) is 4.01. The number of rotatable bonds is 4. The minimum Gasteiger partial charge on any atom is -0.351 e. The van der Waals surface area contributed by atoms with E-state index in [0.29, 0.717) is 13.2 Å². The minimum atomic E-state index is -2.48. The molecule has 126 valence electrons. The van der Waals surface area contributed by atoms with Crippen LogP contribution in [0.25, 0.3) is 11.1 Å². The molecule has 0 spiro atoms. The Labute approximate surface area is 144 Å². The summed E-state index contributed by atoms with van der Waals surface area (Å²) in [6.45, 7) is 1.35. The first-order valence-corrected chi connectivity index (χ1v) is 7.97. The van der Waals surface area contributed by atoms with E-state index in [1.807, 2.05) is 30.5 Å². The molecule has 0 saturated carbocycles. The highest BCUT2D eigenvalue weighted by Crippen LogP contribution is 2.35. The first-order valence-electron chi connectivity index (χ1n) is 7.97. The zero-order valence-corrected chi connectivity index (χ0v) is 13.4. The Balaban J connectivity index is 1.65. The minimum absolute atomic E-state index is 0.0170. The molecule has 0 fully saturated rings. The molecule has 6 heteroatoms. The summed E-state index contributed by atoms with van der Waals surface area (Å²) in [7, 11) is 0. The van der Waals surface area contributed by atoms with Crippen molar-refractivity contribution in [2.75, 3.05) is 16.9 Å². The molecule has 0 amide bonds. The van der Waals surface area contributed by atoms with Crippen molar-refractivity contribution in [1.29, 1.82) is 0 Å². The third-order valence-corrected chi connectivity index (χ3v) is 4.21. The zero-order valence-electron chi connectivity index (χ0n) is 13.4. The van der Waals surface area contributed by atoms with Gasteiger partial charge in [-0.3, -0.25) is 4.98 Å². The largest absolute Gasteiger partial charge is 0.351 e. The molecule has 4 rings (SSSR count). The highest BCUT2D eigenvalue weighted by molar-refractivity contribution is 5.77. The SMILES string of the molecule is FC(F)c1cccc(-c2cnc3c(c2)N(Cc2cccnc2)CN3)c1. The fourth-order valence-corrected chi connectivity index (χ4v) is 2.95. The van der Waals surface area contributed by atoms with E-state index >= 15 is 0 Å². The molecule has 0 atom stereocenters. The van der Waals surface area contributed by atoms with Crippen LogP contribution in [0.5, 0.6) is 0 Å². The lowest BCUT2D eigenvalue weighted by atomic mass is 10.0. The number of fused-ring (bicyclic) bond motifs is 1. The van der Waals surface area contributed by atoms with Crippen LogP contribution in [-0.2, 0) is 6.54 Å². The van der Waals surface area contributed by atoms with Crippen molar-refractivity contribution in [1.82, 2.24) is 9.97 Å². The summed E-state index contributed by atoms with van der Waals surface area (Å²) in [4.78, 5) is 10.7. The van der Waals surface area contributed by atoms with E-state index in [0.717, 1.165) is 28.2 Å². The molecule has 0 radical (unpaired) electrons. The molecule has 3 heterocycles. The monoisotopic (exact) mass is 338 g/mol. The normalized spacial score (nSPS) is 13.0. The molecule has 0 saturated heterocycles. The van der Waals surface area contributed by atoms with Crippen molar-refractivity contribution in [3.63, 3.8) is 0 Å². The number of nitrogens with one attached hydrogen (secondary N) is 1. The Morgan fingerprint density at radius 2 is 2.00 bits per heavy atom. The molecule has 1 aliphatic heterocycles. The molecule has 3 aromatic rings. The summed E-state index contributed by atoms with van der Waals surface area (Å²) in [5.41, 5.74) is 3.64. The summed E-state index contributed by atoms with van der Waals surface area (Å²) in [6, 6.07) is 12.3. The van der Waals surface area contributed by atoms with E-state index in [4.69, 9.17) is 0 Å². The van der Waals surface area contributed by atoms with Gasteiger partial charge in [-0.25, -0.2) is 13.8 Å². The van der Waals surface area contributed by atoms with Crippen LogP contribution in [0, 0.1) is 0 Å². The van der Waals surface area contributed by atoms with Crippen molar-refractivity contribution in [2.24, 2.45) is 0 Å². The number of anilines is 2. The maximum atomic E-state index is 12.9. The maximum absolute atomic E-state index is 12.9. The van der Waals surface area contributed by atoms with Gasteiger partial charge in [-0.2, -0.15) is 0 Å². The number of aromatic nitrogens is 2. The number of benzene rings is 1. The fraction of sp³-hybridized carbons (Fsp3) is 0.158. The lowest BCUT2D eigenvalue weighted by Gasteiger charge is -2.18. The zero-order chi connectivity index (χ0) is 17.2. The van der Waals surface area contributed by atoms with Gasteiger partial charge in [-0.05, 0) is 29.3 Å². The van der Waals surface area contributed by atoms with Crippen LogP contribution < -0.4 is 10.2 Å². The standard InChI is InChI=1S/C19H16F2N4/c20-18(21)15-5-1-4-14(7-15)16-8-17-19(23-10-16)24-12-25(17)11-13-3-2-6-22-9-13/h1-10,18H,11-12H2,(H,23,24). The van der Waals surface area contributed by atoms with Crippen LogP contribution in [-0.4, -0.2) is 16.6 Å². The highest BCUT2D eigenvalue weighted by Gasteiger charge is 2.21. The number of alkyl halides is 2. The number of hydrogen-bond donors (Lipinski definition) is 1. The Bertz CT molecular complexity index is 884. The van der Waals surface area contributed by atoms with Gasteiger partial charge in [0.15, 0.2) is 5.82 Å². The van der Waals surface area contributed by atoms with E-state index in [9.17, 15) is 8.78 Å². The molecule has 0 aliphatic carbocycles. The van der Waals surface area contributed by atoms with Crippen LogP contribution in [0.1, 0.15) is 17.6 Å². The van der Waals surface area contributed by atoms with Gasteiger partial charge in [0, 0.05) is 36.3 Å². The Hall–Kier alpha value is -3.02. The van der Waals surface area contributed by atoms with Gasteiger partial charge in [0.2, 0.25) is 0 Å². The molecule has 0 bridgehead atoms. The molecule has 2 aromatic heterocycles. The number of hydrogen-bond acceptors (Lipinski definition) is 4. The van der Waals surface area contributed by atoms with Crippen LogP contribution in [0.15, 0.2) is 61.1 Å². The summed E-state index contributed by atoms with van der Waals surface area (Å²) in [6.07, 6.45) is 2.81. The van der Waals surface area contributed by atoms with Gasteiger partial charge >= 0.3 is 0 Å². The molecular weight excluding hydrogens is 322 g/mol. The highest BCUT2D eigenvalue weighted by atomic mass is 19.3. The van der Waals surface area contributed by atoms with Gasteiger partial charge in [0.25, 0.3) is 6.43 Å². The van der Waals surface area contributed by atoms with Crippen LogP contribution in [0.3, 0.4) is 0 Å². The van der Waals surface area contributed by atoms with Crippen molar-refractivity contribution >= 4 is 11.5 Å². The van der Waals surface area contributed by atoms with Crippen molar-refractivity contribution in [3.05, 3.63) is 72.2 Å².